The standard InChI is InChI=1S/C12H10BrN3O2/c13-8-3-1-2-4-9(8)16-11(7-5-6-7)10(12(17)18)14-15-16/h1-4,7H,5-6H2,(H,17,18). The van der Waals surface area contributed by atoms with Gasteiger partial charge in [-0.3, -0.25) is 0 Å². The Morgan fingerprint density at radius 1 is 1.39 bits per heavy atom. The molecule has 3 rings (SSSR count). The van der Waals surface area contributed by atoms with Gasteiger partial charge >= 0.3 is 5.97 Å². The second-order valence-electron chi connectivity index (χ2n) is 4.27. The van der Waals surface area contributed by atoms with E-state index in [1.165, 1.54) is 0 Å². The van der Waals surface area contributed by atoms with Crippen molar-refractivity contribution in [2.24, 2.45) is 0 Å². The van der Waals surface area contributed by atoms with E-state index in [4.69, 9.17) is 5.11 Å². The third-order valence-corrected chi connectivity index (χ3v) is 3.62. The average molecular weight is 308 g/mol. The normalized spacial score (nSPS) is 14.7. The van der Waals surface area contributed by atoms with E-state index in [9.17, 15) is 4.79 Å². The van der Waals surface area contributed by atoms with Crippen LogP contribution in [0.5, 0.6) is 0 Å². The number of rotatable bonds is 3. The van der Waals surface area contributed by atoms with Crippen LogP contribution < -0.4 is 0 Å². The molecule has 1 aromatic carbocycles. The first-order valence-corrected chi connectivity index (χ1v) is 6.41. The summed E-state index contributed by atoms with van der Waals surface area (Å²) in [6.07, 6.45) is 2.00. The van der Waals surface area contributed by atoms with Crippen molar-refractivity contribution in [3.63, 3.8) is 0 Å². The van der Waals surface area contributed by atoms with Crippen molar-refractivity contribution >= 4 is 21.9 Å². The Morgan fingerprint density at radius 3 is 2.72 bits per heavy atom. The largest absolute Gasteiger partial charge is 0.476 e. The minimum Gasteiger partial charge on any atom is -0.476 e. The van der Waals surface area contributed by atoms with Crippen molar-refractivity contribution in [2.45, 2.75) is 18.8 Å². The zero-order valence-corrected chi connectivity index (χ0v) is 11.0. The Balaban J connectivity index is 2.18. The molecule has 0 spiro atoms. The molecule has 0 unspecified atom stereocenters. The van der Waals surface area contributed by atoms with Gasteiger partial charge in [0.25, 0.3) is 0 Å². The van der Waals surface area contributed by atoms with Gasteiger partial charge in [0.2, 0.25) is 0 Å². The van der Waals surface area contributed by atoms with E-state index in [-0.39, 0.29) is 11.6 Å². The van der Waals surface area contributed by atoms with Crippen LogP contribution in [0.15, 0.2) is 28.7 Å². The number of carboxylic acids is 1. The molecule has 0 amide bonds. The van der Waals surface area contributed by atoms with Crippen LogP contribution in [0.1, 0.15) is 34.9 Å². The number of carbonyl (C=O) groups is 1. The molecule has 1 aliphatic carbocycles. The Labute approximate surface area is 112 Å². The minimum atomic E-state index is -1.02. The van der Waals surface area contributed by atoms with Crippen LogP contribution in [0.4, 0.5) is 0 Å². The zero-order chi connectivity index (χ0) is 12.7. The van der Waals surface area contributed by atoms with Crippen molar-refractivity contribution in [3.8, 4) is 5.69 Å². The number of halogens is 1. The van der Waals surface area contributed by atoms with Crippen molar-refractivity contribution in [2.75, 3.05) is 0 Å². The van der Waals surface area contributed by atoms with Gasteiger partial charge in [-0.15, -0.1) is 5.10 Å². The molecule has 0 atom stereocenters. The van der Waals surface area contributed by atoms with Crippen LogP contribution in [-0.4, -0.2) is 26.1 Å². The minimum absolute atomic E-state index is 0.0632. The Bertz CT molecular complexity index is 620. The summed E-state index contributed by atoms with van der Waals surface area (Å²) < 4.78 is 2.50. The van der Waals surface area contributed by atoms with Gasteiger partial charge in [-0.2, -0.15) is 0 Å². The summed E-state index contributed by atoms with van der Waals surface area (Å²) in [5.41, 5.74) is 1.59. The first kappa shape index (κ1) is 11.4. The van der Waals surface area contributed by atoms with Gasteiger partial charge in [-0.25, -0.2) is 9.48 Å². The molecule has 1 N–H and O–H groups in total. The SMILES string of the molecule is O=C(O)c1nnn(-c2ccccc2Br)c1C1CC1. The van der Waals surface area contributed by atoms with Gasteiger partial charge in [0, 0.05) is 10.4 Å². The fourth-order valence-electron chi connectivity index (χ4n) is 1.97. The number of carboxylic acid groups (broad SMARTS) is 1. The molecule has 92 valence electrons. The quantitative estimate of drug-likeness (QED) is 0.946. The zero-order valence-electron chi connectivity index (χ0n) is 9.38. The summed E-state index contributed by atoms with van der Waals surface area (Å²) in [6, 6.07) is 7.57. The van der Waals surface area contributed by atoms with E-state index < -0.39 is 5.97 Å². The van der Waals surface area contributed by atoms with E-state index in [1.807, 2.05) is 24.3 Å². The Hall–Kier alpha value is -1.69. The van der Waals surface area contributed by atoms with Gasteiger partial charge < -0.3 is 5.11 Å². The van der Waals surface area contributed by atoms with E-state index in [2.05, 4.69) is 26.2 Å². The number of nitrogens with zero attached hydrogens (tertiary/aromatic N) is 3. The van der Waals surface area contributed by atoms with E-state index in [0.29, 0.717) is 5.69 Å². The molecule has 5 nitrogen and oxygen atoms in total. The summed E-state index contributed by atoms with van der Waals surface area (Å²) in [6.45, 7) is 0. The van der Waals surface area contributed by atoms with Crippen LogP contribution in [0.3, 0.4) is 0 Å². The fraction of sp³-hybridized carbons (Fsp3) is 0.250. The van der Waals surface area contributed by atoms with Crippen molar-refractivity contribution < 1.29 is 9.90 Å². The van der Waals surface area contributed by atoms with Crippen molar-refractivity contribution in [1.29, 1.82) is 0 Å². The molecular weight excluding hydrogens is 298 g/mol. The molecular formula is C12H10BrN3O2. The molecule has 0 aliphatic heterocycles. The Morgan fingerprint density at radius 2 is 2.11 bits per heavy atom. The van der Waals surface area contributed by atoms with Gasteiger partial charge in [-0.05, 0) is 40.9 Å². The van der Waals surface area contributed by atoms with E-state index in [0.717, 1.165) is 23.0 Å². The predicted molar refractivity (Wildman–Crippen MR) is 68.0 cm³/mol. The molecule has 1 fully saturated rings. The highest BCUT2D eigenvalue weighted by Gasteiger charge is 2.34. The number of aromatic carboxylic acids is 1. The number of hydrogen-bond donors (Lipinski definition) is 1. The highest BCUT2D eigenvalue weighted by atomic mass is 79.9. The molecule has 1 heterocycles. The van der Waals surface area contributed by atoms with Gasteiger partial charge in [-0.1, -0.05) is 17.3 Å². The lowest BCUT2D eigenvalue weighted by Crippen LogP contribution is -2.06. The molecule has 1 aliphatic rings. The maximum Gasteiger partial charge on any atom is 0.358 e. The summed E-state index contributed by atoms with van der Waals surface area (Å²) in [7, 11) is 0. The molecule has 1 saturated carbocycles. The summed E-state index contributed by atoms with van der Waals surface area (Å²) in [5, 5.41) is 16.9. The molecule has 18 heavy (non-hydrogen) atoms. The van der Waals surface area contributed by atoms with Gasteiger partial charge in [0.15, 0.2) is 5.69 Å². The number of hydrogen-bond acceptors (Lipinski definition) is 3. The lowest BCUT2D eigenvalue weighted by molar-refractivity contribution is 0.0689. The van der Waals surface area contributed by atoms with Crippen LogP contribution in [0, 0.1) is 0 Å². The number of para-hydroxylation sites is 1. The third-order valence-electron chi connectivity index (χ3n) is 2.95. The number of aromatic nitrogens is 3. The van der Waals surface area contributed by atoms with Crippen LogP contribution >= 0.6 is 15.9 Å². The van der Waals surface area contributed by atoms with E-state index >= 15 is 0 Å². The van der Waals surface area contributed by atoms with Crippen LogP contribution in [0.2, 0.25) is 0 Å². The second-order valence-corrected chi connectivity index (χ2v) is 5.12. The first-order valence-electron chi connectivity index (χ1n) is 5.62. The average Bonchev–Trinajstić information content (AvgIpc) is 3.09. The highest BCUT2D eigenvalue weighted by Crippen LogP contribution is 2.42. The van der Waals surface area contributed by atoms with Crippen LogP contribution in [0.25, 0.3) is 5.69 Å². The smallest absolute Gasteiger partial charge is 0.358 e. The summed E-state index contributed by atoms with van der Waals surface area (Å²) >= 11 is 3.45. The second kappa shape index (κ2) is 4.20. The summed E-state index contributed by atoms with van der Waals surface area (Å²) in [4.78, 5) is 11.2. The molecule has 0 bridgehead atoms. The van der Waals surface area contributed by atoms with Gasteiger partial charge in [0.1, 0.15) is 0 Å². The lowest BCUT2D eigenvalue weighted by atomic mass is 10.2. The molecule has 6 heteroatoms. The molecule has 2 aromatic rings. The Kier molecular flexibility index (Phi) is 2.66. The summed E-state index contributed by atoms with van der Waals surface area (Å²) in [5.74, 6) is -0.756. The monoisotopic (exact) mass is 307 g/mol. The molecule has 0 radical (unpaired) electrons. The lowest BCUT2D eigenvalue weighted by Gasteiger charge is -2.07. The van der Waals surface area contributed by atoms with Crippen molar-refractivity contribution in [3.05, 3.63) is 40.1 Å². The maximum atomic E-state index is 11.2. The fourth-order valence-corrected chi connectivity index (χ4v) is 2.42. The van der Waals surface area contributed by atoms with Crippen LogP contribution in [-0.2, 0) is 0 Å². The number of benzene rings is 1. The topological polar surface area (TPSA) is 68.0 Å². The molecule has 1 aromatic heterocycles. The predicted octanol–water partition coefficient (Wildman–Crippen LogP) is 2.61. The molecule has 0 saturated heterocycles. The highest BCUT2D eigenvalue weighted by molar-refractivity contribution is 9.10. The van der Waals surface area contributed by atoms with E-state index in [1.54, 1.807) is 4.68 Å². The van der Waals surface area contributed by atoms with Gasteiger partial charge in [0.05, 0.1) is 11.4 Å². The first-order chi connectivity index (χ1) is 8.68. The van der Waals surface area contributed by atoms with Crippen molar-refractivity contribution in [1.82, 2.24) is 15.0 Å². The third kappa shape index (κ3) is 1.82. The maximum absolute atomic E-state index is 11.2.